The average Bonchev–Trinajstić information content (AvgIpc) is 3.00. The summed E-state index contributed by atoms with van der Waals surface area (Å²) in [5.74, 6) is -0.115. The molecule has 4 heteroatoms. The number of hydrogen-bond acceptors (Lipinski definition) is 4. The van der Waals surface area contributed by atoms with E-state index < -0.39 is 0 Å². The number of esters is 1. The minimum atomic E-state index is -0.115. The second-order valence-electron chi connectivity index (χ2n) is 6.11. The Balaban J connectivity index is 1.63. The Bertz CT molecular complexity index is 300. The number of hydrogen-bond donors (Lipinski definition) is 0. The summed E-state index contributed by atoms with van der Waals surface area (Å²) in [6, 6.07) is 0. The van der Waals surface area contributed by atoms with E-state index in [9.17, 15) is 4.79 Å². The first-order chi connectivity index (χ1) is 9.13. The number of likely N-dealkylation sites (N-methyl/N-ethyl adjacent to an activating group) is 1. The van der Waals surface area contributed by atoms with Gasteiger partial charge in [0.1, 0.15) is 0 Å². The van der Waals surface area contributed by atoms with Crippen molar-refractivity contribution in [2.24, 2.45) is 0 Å². The van der Waals surface area contributed by atoms with Crippen LogP contribution in [0.5, 0.6) is 0 Å². The lowest BCUT2D eigenvalue weighted by atomic mass is 9.98. The summed E-state index contributed by atoms with van der Waals surface area (Å²) >= 11 is 0. The fourth-order valence-corrected chi connectivity index (χ4v) is 3.45. The van der Waals surface area contributed by atoms with E-state index in [4.69, 9.17) is 4.74 Å². The molecule has 1 aliphatic carbocycles. The first-order valence-corrected chi connectivity index (χ1v) is 7.57. The molecule has 0 aromatic carbocycles. The molecule has 0 aromatic heterocycles. The summed E-state index contributed by atoms with van der Waals surface area (Å²) in [6.07, 6.45) is 9.39. The molecule has 19 heavy (non-hydrogen) atoms. The quantitative estimate of drug-likeness (QED) is 0.694. The zero-order valence-electron chi connectivity index (χ0n) is 12.3. The summed E-state index contributed by atoms with van der Waals surface area (Å²) in [5, 5.41) is 0. The predicted molar refractivity (Wildman–Crippen MR) is 74.1 cm³/mol. The molecular formula is C15H27NO3. The average molecular weight is 269 g/mol. The van der Waals surface area contributed by atoms with Gasteiger partial charge in [-0.1, -0.05) is 12.8 Å². The van der Waals surface area contributed by atoms with E-state index in [1.807, 2.05) is 0 Å². The van der Waals surface area contributed by atoms with Crippen molar-refractivity contribution in [1.29, 1.82) is 0 Å². The molecule has 0 N–H and O–H groups in total. The van der Waals surface area contributed by atoms with Crippen LogP contribution in [0.2, 0.25) is 0 Å². The molecule has 0 aromatic rings. The number of carbonyl (C=O) groups excluding carboxylic acids is 1. The van der Waals surface area contributed by atoms with Crippen molar-refractivity contribution in [1.82, 2.24) is 4.90 Å². The van der Waals surface area contributed by atoms with Crippen molar-refractivity contribution in [3.05, 3.63) is 0 Å². The Morgan fingerprint density at radius 2 is 2.11 bits per heavy atom. The summed E-state index contributed by atoms with van der Waals surface area (Å²) in [5.41, 5.74) is 0.234. The second-order valence-corrected chi connectivity index (χ2v) is 6.11. The molecule has 1 saturated carbocycles. The molecule has 2 rings (SSSR count). The zero-order chi connectivity index (χ0) is 13.7. The highest BCUT2D eigenvalue weighted by Gasteiger charge is 2.42. The molecule has 1 unspecified atom stereocenters. The molecule has 0 amide bonds. The highest BCUT2D eigenvalue weighted by molar-refractivity contribution is 5.69. The molecule has 110 valence electrons. The van der Waals surface area contributed by atoms with Gasteiger partial charge in [-0.05, 0) is 45.7 Å². The molecule has 2 fully saturated rings. The smallest absolute Gasteiger partial charge is 0.305 e. The SMILES string of the molecule is COC(=O)CCCN(C)CC1CCC2(CCCC2)O1. The fourth-order valence-electron chi connectivity index (χ4n) is 3.45. The standard InChI is InChI=1S/C15H27NO3/c1-16(11-5-6-14(17)18-2)12-13-7-10-15(19-13)8-3-4-9-15/h13H,3-12H2,1-2H3. The maximum atomic E-state index is 11.0. The van der Waals surface area contributed by atoms with E-state index in [1.54, 1.807) is 0 Å². The van der Waals surface area contributed by atoms with Crippen LogP contribution in [-0.4, -0.2) is 49.8 Å². The van der Waals surface area contributed by atoms with Gasteiger partial charge in [-0.25, -0.2) is 0 Å². The van der Waals surface area contributed by atoms with Crippen LogP contribution >= 0.6 is 0 Å². The third kappa shape index (κ3) is 4.18. The van der Waals surface area contributed by atoms with E-state index in [0.717, 1.165) is 19.5 Å². The monoisotopic (exact) mass is 269 g/mol. The highest BCUT2D eigenvalue weighted by atomic mass is 16.5. The van der Waals surface area contributed by atoms with Crippen LogP contribution in [0, 0.1) is 0 Å². The summed E-state index contributed by atoms with van der Waals surface area (Å²) in [6.45, 7) is 1.92. The largest absolute Gasteiger partial charge is 0.469 e. The second kappa shape index (κ2) is 6.71. The van der Waals surface area contributed by atoms with Crippen molar-refractivity contribution >= 4 is 5.97 Å². The maximum absolute atomic E-state index is 11.0. The number of carbonyl (C=O) groups is 1. The van der Waals surface area contributed by atoms with Crippen LogP contribution in [-0.2, 0) is 14.3 Å². The lowest BCUT2D eigenvalue weighted by molar-refractivity contribution is -0.140. The molecule has 1 aliphatic heterocycles. The predicted octanol–water partition coefficient (Wildman–Crippen LogP) is 2.36. The molecule has 1 heterocycles. The molecule has 1 atom stereocenters. The zero-order valence-corrected chi connectivity index (χ0v) is 12.3. The Kier molecular flexibility index (Phi) is 5.22. The van der Waals surface area contributed by atoms with Crippen molar-refractivity contribution < 1.29 is 14.3 Å². The number of ether oxygens (including phenoxy) is 2. The van der Waals surface area contributed by atoms with E-state index in [1.165, 1.54) is 45.6 Å². The van der Waals surface area contributed by atoms with Gasteiger partial charge < -0.3 is 14.4 Å². The molecule has 1 spiro atoms. The summed E-state index contributed by atoms with van der Waals surface area (Å²) < 4.78 is 10.9. The van der Waals surface area contributed by atoms with Gasteiger partial charge in [-0.3, -0.25) is 4.79 Å². The number of nitrogens with zero attached hydrogens (tertiary/aromatic N) is 1. The van der Waals surface area contributed by atoms with Crippen molar-refractivity contribution in [3.63, 3.8) is 0 Å². The van der Waals surface area contributed by atoms with Gasteiger partial charge >= 0.3 is 5.97 Å². The third-order valence-corrected chi connectivity index (χ3v) is 4.52. The first kappa shape index (κ1) is 14.8. The lowest BCUT2D eigenvalue weighted by Crippen LogP contribution is -2.33. The minimum Gasteiger partial charge on any atom is -0.469 e. The van der Waals surface area contributed by atoms with E-state index in [2.05, 4.69) is 16.7 Å². The number of methoxy groups -OCH3 is 1. The van der Waals surface area contributed by atoms with Crippen molar-refractivity contribution in [3.8, 4) is 0 Å². The molecule has 1 saturated heterocycles. The summed E-state index contributed by atoms with van der Waals surface area (Å²) in [4.78, 5) is 13.3. The van der Waals surface area contributed by atoms with Crippen LogP contribution in [0.15, 0.2) is 0 Å². The molecule has 4 nitrogen and oxygen atoms in total. The third-order valence-electron chi connectivity index (χ3n) is 4.52. The van der Waals surface area contributed by atoms with Gasteiger partial charge in [0.25, 0.3) is 0 Å². The Morgan fingerprint density at radius 3 is 2.79 bits per heavy atom. The van der Waals surface area contributed by atoms with Gasteiger partial charge in [0.2, 0.25) is 0 Å². The molecule has 2 aliphatic rings. The van der Waals surface area contributed by atoms with Crippen LogP contribution in [0.4, 0.5) is 0 Å². The van der Waals surface area contributed by atoms with E-state index in [-0.39, 0.29) is 11.6 Å². The Morgan fingerprint density at radius 1 is 1.37 bits per heavy atom. The van der Waals surface area contributed by atoms with Crippen LogP contribution in [0.3, 0.4) is 0 Å². The van der Waals surface area contributed by atoms with E-state index >= 15 is 0 Å². The van der Waals surface area contributed by atoms with Gasteiger partial charge in [0.05, 0.1) is 18.8 Å². The van der Waals surface area contributed by atoms with Crippen LogP contribution < -0.4 is 0 Å². The van der Waals surface area contributed by atoms with Crippen LogP contribution in [0.25, 0.3) is 0 Å². The van der Waals surface area contributed by atoms with Gasteiger partial charge in [0, 0.05) is 13.0 Å². The molecule has 0 bridgehead atoms. The van der Waals surface area contributed by atoms with Gasteiger partial charge in [0.15, 0.2) is 0 Å². The molecular weight excluding hydrogens is 242 g/mol. The normalized spacial score (nSPS) is 25.3. The topological polar surface area (TPSA) is 38.8 Å². The van der Waals surface area contributed by atoms with Crippen LogP contribution in [0.1, 0.15) is 51.4 Å². The summed E-state index contributed by atoms with van der Waals surface area (Å²) in [7, 11) is 3.56. The molecule has 0 radical (unpaired) electrons. The van der Waals surface area contributed by atoms with Crippen molar-refractivity contribution in [2.75, 3.05) is 27.2 Å². The van der Waals surface area contributed by atoms with Crippen molar-refractivity contribution in [2.45, 2.75) is 63.1 Å². The first-order valence-electron chi connectivity index (χ1n) is 7.57. The maximum Gasteiger partial charge on any atom is 0.305 e. The minimum absolute atomic E-state index is 0.115. The van der Waals surface area contributed by atoms with Gasteiger partial charge in [-0.15, -0.1) is 0 Å². The lowest BCUT2D eigenvalue weighted by Gasteiger charge is -2.26. The van der Waals surface area contributed by atoms with E-state index in [0.29, 0.717) is 12.5 Å². The fraction of sp³-hybridized carbons (Fsp3) is 0.933. The Hall–Kier alpha value is -0.610. The Labute approximate surface area is 116 Å². The number of rotatable bonds is 6. The highest BCUT2D eigenvalue weighted by Crippen LogP contribution is 2.43. The van der Waals surface area contributed by atoms with Gasteiger partial charge in [-0.2, -0.15) is 0 Å².